The molecule has 0 spiro atoms. The Hall–Kier alpha value is -1.63. The van der Waals surface area contributed by atoms with Crippen LogP contribution >= 0.6 is 11.6 Å². The molecule has 0 amide bonds. The third kappa shape index (κ3) is 3.58. The number of phenolic OH excluding ortho intramolecular Hbond substituents is 1. The minimum Gasteiger partial charge on any atom is -0.506 e. The normalized spacial score (nSPS) is 17.1. The highest BCUT2D eigenvalue weighted by atomic mass is 35.5. The maximum atomic E-state index is 11.3. The molecule has 0 aliphatic carbocycles. The number of halogens is 1. The van der Waals surface area contributed by atoms with E-state index in [4.69, 9.17) is 11.6 Å². The number of rotatable bonds is 6. The Balaban J connectivity index is 2.47. The first-order valence-corrected chi connectivity index (χ1v) is 7.65. The molecule has 1 heterocycles. The molecule has 2 N–H and O–H groups in total. The van der Waals surface area contributed by atoms with Gasteiger partial charge in [-0.05, 0) is 18.9 Å². The van der Waals surface area contributed by atoms with Crippen molar-refractivity contribution in [2.45, 2.75) is 18.9 Å². The van der Waals surface area contributed by atoms with Crippen molar-refractivity contribution in [2.24, 2.45) is 0 Å². The van der Waals surface area contributed by atoms with Gasteiger partial charge in [0.05, 0.1) is 15.5 Å². The molecule has 0 unspecified atom stereocenters. The van der Waals surface area contributed by atoms with Crippen LogP contribution < -0.4 is 5.32 Å². The van der Waals surface area contributed by atoms with Gasteiger partial charge in [-0.1, -0.05) is 17.7 Å². The largest absolute Gasteiger partial charge is 0.506 e. The van der Waals surface area contributed by atoms with Crippen molar-refractivity contribution in [2.75, 3.05) is 26.2 Å². The van der Waals surface area contributed by atoms with Crippen LogP contribution in [0.1, 0.15) is 24.4 Å². The Morgan fingerprint density at radius 1 is 1.50 bits per heavy atom. The van der Waals surface area contributed by atoms with E-state index in [1.54, 1.807) is 6.08 Å². The molecule has 7 heteroatoms. The average Bonchev–Trinajstić information content (AvgIpc) is 2.52. The lowest BCUT2D eigenvalue weighted by Gasteiger charge is -2.35. The summed E-state index contributed by atoms with van der Waals surface area (Å²) in [6, 6.07) is 2.47. The van der Waals surface area contributed by atoms with Gasteiger partial charge in [0.25, 0.3) is 5.69 Å². The molecule has 0 bridgehead atoms. The Morgan fingerprint density at radius 2 is 2.18 bits per heavy atom. The summed E-state index contributed by atoms with van der Waals surface area (Å²) in [7, 11) is 0. The van der Waals surface area contributed by atoms with Crippen LogP contribution in [0.2, 0.25) is 5.02 Å². The van der Waals surface area contributed by atoms with Crippen LogP contribution in [-0.4, -0.2) is 41.1 Å². The van der Waals surface area contributed by atoms with Gasteiger partial charge in [0.1, 0.15) is 5.75 Å². The molecule has 0 aromatic heterocycles. The summed E-state index contributed by atoms with van der Waals surface area (Å²) in [4.78, 5) is 13.0. The van der Waals surface area contributed by atoms with Crippen LogP contribution in [0.3, 0.4) is 0 Å². The lowest BCUT2D eigenvalue weighted by Crippen LogP contribution is -2.45. The summed E-state index contributed by atoms with van der Waals surface area (Å²) < 4.78 is 0. The van der Waals surface area contributed by atoms with Gasteiger partial charge in [0.15, 0.2) is 0 Å². The fraction of sp³-hybridized carbons (Fsp3) is 0.467. The highest BCUT2D eigenvalue weighted by Crippen LogP contribution is 2.42. The second-order valence-corrected chi connectivity index (χ2v) is 5.66. The number of hydrogen-bond donors (Lipinski definition) is 2. The number of benzene rings is 1. The molecule has 1 aliphatic heterocycles. The zero-order valence-corrected chi connectivity index (χ0v) is 13.1. The molecule has 1 aromatic carbocycles. The van der Waals surface area contributed by atoms with Gasteiger partial charge >= 0.3 is 0 Å². The fourth-order valence-corrected chi connectivity index (χ4v) is 3.00. The smallest absolute Gasteiger partial charge is 0.278 e. The third-order valence-electron chi connectivity index (χ3n) is 3.91. The summed E-state index contributed by atoms with van der Waals surface area (Å²) in [5.41, 5.74) is 0.218. The van der Waals surface area contributed by atoms with E-state index in [-0.39, 0.29) is 22.5 Å². The van der Waals surface area contributed by atoms with Gasteiger partial charge in [-0.2, -0.15) is 0 Å². The highest BCUT2D eigenvalue weighted by Gasteiger charge is 2.31. The molecular formula is C15H20ClN3O3. The van der Waals surface area contributed by atoms with E-state index < -0.39 is 4.92 Å². The van der Waals surface area contributed by atoms with Crippen molar-refractivity contribution < 1.29 is 10.0 Å². The number of phenols is 1. The number of nitrogens with one attached hydrogen (secondary N) is 1. The second kappa shape index (κ2) is 7.58. The summed E-state index contributed by atoms with van der Waals surface area (Å²) in [6.45, 7) is 6.89. The highest BCUT2D eigenvalue weighted by molar-refractivity contribution is 6.32. The Morgan fingerprint density at radius 3 is 2.77 bits per heavy atom. The molecule has 6 nitrogen and oxygen atoms in total. The fourth-order valence-electron chi connectivity index (χ4n) is 2.84. The summed E-state index contributed by atoms with van der Waals surface area (Å²) >= 11 is 5.98. The van der Waals surface area contributed by atoms with E-state index in [2.05, 4.69) is 16.8 Å². The lowest BCUT2D eigenvalue weighted by molar-refractivity contribution is -0.386. The first-order chi connectivity index (χ1) is 10.6. The van der Waals surface area contributed by atoms with E-state index in [0.717, 1.165) is 26.2 Å². The van der Waals surface area contributed by atoms with Gasteiger partial charge < -0.3 is 10.4 Å². The van der Waals surface area contributed by atoms with Crippen LogP contribution in [0, 0.1) is 10.1 Å². The molecular weight excluding hydrogens is 306 g/mol. The first-order valence-electron chi connectivity index (χ1n) is 7.27. The second-order valence-electron chi connectivity index (χ2n) is 5.25. The zero-order chi connectivity index (χ0) is 16.1. The van der Waals surface area contributed by atoms with Gasteiger partial charge in [-0.25, -0.2) is 0 Å². The standard InChI is InChI=1S/C15H20ClN3O3/c1-2-3-4-12(18-9-7-17-8-10-18)14-13(19(21)22)6-5-11(16)15(14)20/h2,5-6,12,17,20H,1,3-4,7-10H2/t12-/m1/s1. The number of hydrogen-bond acceptors (Lipinski definition) is 5. The Kier molecular flexibility index (Phi) is 5.76. The Bertz CT molecular complexity index is 559. The number of nitrogens with zero attached hydrogens (tertiary/aromatic N) is 2. The average molecular weight is 326 g/mol. The summed E-state index contributed by atoms with van der Waals surface area (Å²) in [6.07, 6.45) is 3.14. The van der Waals surface area contributed by atoms with Crippen LogP contribution in [0.4, 0.5) is 5.69 Å². The SMILES string of the molecule is C=CCC[C@H](c1c([N+](=O)[O-])ccc(Cl)c1O)N1CCNCC1. The molecule has 1 aliphatic rings. The molecule has 0 radical (unpaired) electrons. The maximum Gasteiger partial charge on any atom is 0.278 e. The van der Waals surface area contributed by atoms with Gasteiger partial charge in [0, 0.05) is 38.3 Å². The minimum absolute atomic E-state index is 0.0884. The van der Waals surface area contributed by atoms with Crippen LogP contribution in [0.5, 0.6) is 5.75 Å². The first kappa shape index (κ1) is 16.7. The van der Waals surface area contributed by atoms with Gasteiger partial charge in [-0.3, -0.25) is 15.0 Å². The molecule has 1 saturated heterocycles. The quantitative estimate of drug-likeness (QED) is 0.477. The lowest BCUT2D eigenvalue weighted by atomic mass is 9.96. The van der Waals surface area contributed by atoms with Crippen molar-refractivity contribution in [1.82, 2.24) is 10.2 Å². The van der Waals surface area contributed by atoms with Crippen LogP contribution in [0.15, 0.2) is 24.8 Å². The van der Waals surface area contributed by atoms with Crippen molar-refractivity contribution in [3.8, 4) is 5.75 Å². The molecule has 0 saturated carbocycles. The van der Waals surface area contributed by atoms with Gasteiger partial charge in [-0.15, -0.1) is 6.58 Å². The van der Waals surface area contributed by atoms with E-state index in [1.807, 2.05) is 0 Å². The topological polar surface area (TPSA) is 78.6 Å². The molecule has 120 valence electrons. The maximum absolute atomic E-state index is 11.3. The number of allylic oxidation sites excluding steroid dienone is 1. The predicted molar refractivity (Wildman–Crippen MR) is 86.4 cm³/mol. The van der Waals surface area contributed by atoms with Crippen molar-refractivity contribution in [1.29, 1.82) is 0 Å². The van der Waals surface area contributed by atoms with Crippen molar-refractivity contribution in [3.63, 3.8) is 0 Å². The van der Waals surface area contributed by atoms with Crippen molar-refractivity contribution in [3.05, 3.63) is 45.5 Å². The number of piperazine rings is 1. The van der Waals surface area contributed by atoms with E-state index in [0.29, 0.717) is 18.4 Å². The molecule has 1 fully saturated rings. The molecule has 2 rings (SSSR count). The van der Waals surface area contributed by atoms with Crippen LogP contribution in [-0.2, 0) is 0 Å². The van der Waals surface area contributed by atoms with Crippen molar-refractivity contribution >= 4 is 17.3 Å². The number of nitro groups is 1. The molecule has 22 heavy (non-hydrogen) atoms. The monoisotopic (exact) mass is 325 g/mol. The number of aromatic hydroxyl groups is 1. The van der Waals surface area contributed by atoms with E-state index in [1.165, 1.54) is 12.1 Å². The van der Waals surface area contributed by atoms with E-state index in [9.17, 15) is 15.2 Å². The third-order valence-corrected chi connectivity index (χ3v) is 4.22. The Labute approximate surface area is 134 Å². The minimum atomic E-state index is -0.464. The zero-order valence-electron chi connectivity index (χ0n) is 12.3. The molecule has 1 aromatic rings. The van der Waals surface area contributed by atoms with Gasteiger partial charge in [0.2, 0.25) is 0 Å². The summed E-state index contributed by atoms with van der Waals surface area (Å²) in [5, 5.41) is 25.1. The van der Waals surface area contributed by atoms with Crippen LogP contribution in [0.25, 0.3) is 0 Å². The van der Waals surface area contributed by atoms with E-state index >= 15 is 0 Å². The predicted octanol–water partition coefficient (Wildman–Crippen LogP) is 2.87. The molecule has 1 atom stereocenters. The summed E-state index contributed by atoms with van der Waals surface area (Å²) in [5.74, 6) is -0.191. The number of nitro benzene ring substituents is 1.